The first-order chi connectivity index (χ1) is 12.2. The number of nitrogens with zero attached hydrogens (tertiary/aromatic N) is 1. The van der Waals surface area contributed by atoms with Gasteiger partial charge in [0.25, 0.3) is 0 Å². The van der Waals surface area contributed by atoms with Crippen LogP contribution in [0.2, 0.25) is 0 Å². The van der Waals surface area contributed by atoms with Crippen molar-refractivity contribution in [2.24, 2.45) is 4.99 Å². The molecule has 1 unspecified atom stereocenters. The van der Waals surface area contributed by atoms with Crippen molar-refractivity contribution >= 4 is 40.0 Å². The monoisotopic (exact) mass is 510 g/mol. The van der Waals surface area contributed by atoms with Gasteiger partial charge >= 0.3 is 0 Å². The number of ether oxygens (including phenoxy) is 1. The Morgan fingerprint density at radius 2 is 1.93 bits per heavy atom. The van der Waals surface area contributed by atoms with Crippen molar-refractivity contribution in [1.82, 2.24) is 15.4 Å². The fourth-order valence-electron chi connectivity index (χ4n) is 2.60. The van der Waals surface area contributed by atoms with Gasteiger partial charge in [-0.2, -0.15) is 0 Å². The summed E-state index contributed by atoms with van der Waals surface area (Å²) in [6.07, 6.45) is 1.87. The van der Waals surface area contributed by atoms with Crippen LogP contribution in [0, 0.1) is 0 Å². The smallest absolute Gasteiger partial charge is 0.240 e. The molecular weight excluding hydrogens is 479 g/mol. The Bertz CT molecular complexity index is 709. The maximum Gasteiger partial charge on any atom is 0.240 e. The molecule has 1 aliphatic rings. The van der Waals surface area contributed by atoms with E-state index in [1.54, 1.807) is 31.3 Å². The number of nitrogens with one attached hydrogen (secondary N) is 3. The summed E-state index contributed by atoms with van der Waals surface area (Å²) in [4.78, 5) is 4.44. The highest BCUT2D eigenvalue weighted by molar-refractivity contribution is 14.0. The number of hydrogen-bond acceptors (Lipinski definition) is 4. The second kappa shape index (κ2) is 10.6. The van der Waals surface area contributed by atoms with E-state index in [1.807, 2.05) is 0 Å². The third kappa shape index (κ3) is 8.32. The normalized spacial score (nSPS) is 18.1. The van der Waals surface area contributed by atoms with Crippen LogP contribution < -0.4 is 15.4 Å². The molecule has 1 fully saturated rings. The Morgan fingerprint density at radius 1 is 1.26 bits per heavy atom. The van der Waals surface area contributed by atoms with Crippen LogP contribution in [-0.4, -0.2) is 46.2 Å². The van der Waals surface area contributed by atoms with E-state index in [1.165, 1.54) is 0 Å². The van der Waals surface area contributed by atoms with Crippen molar-refractivity contribution in [3.63, 3.8) is 0 Å². The van der Waals surface area contributed by atoms with Crippen molar-refractivity contribution < 1.29 is 13.2 Å². The molecule has 7 nitrogen and oxygen atoms in total. The molecule has 0 amide bonds. The number of aliphatic imine (C=N–C) groups is 1. The van der Waals surface area contributed by atoms with Gasteiger partial charge in [-0.25, -0.2) is 13.1 Å². The molecule has 1 aromatic carbocycles. The minimum atomic E-state index is -3.51. The first-order valence-corrected chi connectivity index (χ1v) is 10.4. The van der Waals surface area contributed by atoms with Crippen molar-refractivity contribution in [2.45, 2.75) is 56.7 Å². The number of hydrogen-bond donors (Lipinski definition) is 3. The highest BCUT2D eigenvalue weighted by Gasteiger charge is 2.20. The van der Waals surface area contributed by atoms with Gasteiger partial charge in [-0.05, 0) is 51.3 Å². The summed E-state index contributed by atoms with van der Waals surface area (Å²) in [7, 11) is -1.79. The SMILES string of the molecule is CN=C(NCc1ccc(S(=O)(=O)NCC2CCCO2)cc1)NC(C)(C)C.I. The topological polar surface area (TPSA) is 91.8 Å². The molecule has 0 aliphatic carbocycles. The molecule has 1 aliphatic heterocycles. The molecule has 3 N–H and O–H groups in total. The van der Waals surface area contributed by atoms with Crippen LogP contribution in [0.25, 0.3) is 0 Å². The Balaban J connectivity index is 0.00000364. The number of benzene rings is 1. The summed E-state index contributed by atoms with van der Waals surface area (Å²) in [5.74, 6) is 0.701. The van der Waals surface area contributed by atoms with Gasteiger partial charge in [0, 0.05) is 32.3 Å². The molecule has 0 saturated carbocycles. The zero-order valence-electron chi connectivity index (χ0n) is 16.4. The van der Waals surface area contributed by atoms with Crippen LogP contribution in [0.3, 0.4) is 0 Å². The number of guanidine groups is 1. The van der Waals surface area contributed by atoms with E-state index in [4.69, 9.17) is 4.74 Å². The molecule has 27 heavy (non-hydrogen) atoms. The van der Waals surface area contributed by atoms with Gasteiger partial charge in [-0.3, -0.25) is 4.99 Å². The van der Waals surface area contributed by atoms with Crippen molar-refractivity contribution in [1.29, 1.82) is 0 Å². The second-order valence-corrected chi connectivity index (χ2v) is 9.20. The molecule has 1 aromatic rings. The minimum Gasteiger partial charge on any atom is -0.377 e. The van der Waals surface area contributed by atoms with E-state index in [0.717, 1.165) is 18.4 Å². The maximum absolute atomic E-state index is 12.4. The number of halogens is 1. The molecule has 0 bridgehead atoms. The Labute approximate surface area is 179 Å². The Morgan fingerprint density at radius 3 is 2.44 bits per heavy atom. The van der Waals surface area contributed by atoms with Gasteiger partial charge in [-0.1, -0.05) is 12.1 Å². The van der Waals surface area contributed by atoms with Gasteiger partial charge in [0.2, 0.25) is 10.0 Å². The average Bonchev–Trinajstić information content (AvgIpc) is 3.10. The summed E-state index contributed by atoms with van der Waals surface area (Å²) in [6, 6.07) is 6.85. The Hall–Kier alpha value is -0.910. The third-order valence-corrected chi connectivity index (χ3v) is 5.38. The van der Waals surface area contributed by atoms with Crippen LogP contribution in [0.1, 0.15) is 39.2 Å². The fraction of sp³-hybridized carbons (Fsp3) is 0.611. The van der Waals surface area contributed by atoms with Crippen LogP contribution in [0.4, 0.5) is 0 Å². The summed E-state index contributed by atoms with van der Waals surface area (Å²) in [6.45, 7) is 7.76. The summed E-state index contributed by atoms with van der Waals surface area (Å²) in [5, 5.41) is 6.50. The molecule has 1 saturated heterocycles. The van der Waals surface area contributed by atoms with Gasteiger partial charge in [0.1, 0.15) is 0 Å². The van der Waals surface area contributed by atoms with Crippen LogP contribution in [0.5, 0.6) is 0 Å². The van der Waals surface area contributed by atoms with E-state index in [-0.39, 0.29) is 40.5 Å². The zero-order valence-corrected chi connectivity index (χ0v) is 19.6. The molecule has 9 heteroatoms. The molecular formula is C18H31IN4O3S. The lowest BCUT2D eigenvalue weighted by Gasteiger charge is -2.23. The number of sulfonamides is 1. The lowest BCUT2D eigenvalue weighted by Crippen LogP contribution is -2.47. The highest BCUT2D eigenvalue weighted by atomic mass is 127. The molecule has 0 radical (unpaired) electrons. The van der Waals surface area contributed by atoms with Crippen molar-refractivity contribution in [3.05, 3.63) is 29.8 Å². The average molecular weight is 510 g/mol. The van der Waals surface area contributed by atoms with Gasteiger partial charge < -0.3 is 15.4 Å². The Kier molecular flexibility index (Phi) is 9.46. The molecule has 0 spiro atoms. The number of rotatable bonds is 6. The lowest BCUT2D eigenvalue weighted by atomic mass is 10.1. The van der Waals surface area contributed by atoms with Gasteiger partial charge in [-0.15, -0.1) is 24.0 Å². The van der Waals surface area contributed by atoms with E-state index >= 15 is 0 Å². The molecule has 1 atom stereocenters. The van der Waals surface area contributed by atoms with E-state index in [9.17, 15) is 8.42 Å². The standard InChI is InChI=1S/C18H30N4O3S.HI/c1-18(2,3)22-17(19-4)20-12-14-7-9-16(10-8-14)26(23,24)21-13-15-6-5-11-25-15;/h7-10,15,21H,5-6,11-13H2,1-4H3,(H2,19,20,22);1H. The van der Waals surface area contributed by atoms with Gasteiger partial charge in [0.05, 0.1) is 11.0 Å². The second-order valence-electron chi connectivity index (χ2n) is 7.43. The third-order valence-electron chi connectivity index (χ3n) is 3.94. The predicted octanol–water partition coefficient (Wildman–Crippen LogP) is 2.23. The molecule has 0 aromatic heterocycles. The zero-order chi connectivity index (χ0) is 19.2. The highest BCUT2D eigenvalue weighted by Crippen LogP contribution is 2.14. The van der Waals surface area contributed by atoms with E-state index in [0.29, 0.717) is 25.7 Å². The van der Waals surface area contributed by atoms with E-state index in [2.05, 4.69) is 41.1 Å². The summed E-state index contributed by atoms with van der Waals surface area (Å²) in [5.41, 5.74) is 0.883. The fourth-order valence-corrected chi connectivity index (χ4v) is 3.66. The van der Waals surface area contributed by atoms with Crippen molar-refractivity contribution in [3.8, 4) is 0 Å². The maximum atomic E-state index is 12.4. The largest absolute Gasteiger partial charge is 0.377 e. The first kappa shape index (κ1) is 24.1. The van der Waals surface area contributed by atoms with E-state index < -0.39 is 10.0 Å². The van der Waals surface area contributed by atoms with Crippen LogP contribution >= 0.6 is 24.0 Å². The minimum absolute atomic E-state index is 0. The van der Waals surface area contributed by atoms with Gasteiger partial charge in [0.15, 0.2) is 5.96 Å². The summed E-state index contributed by atoms with van der Waals surface area (Å²) < 4.78 is 32.8. The molecule has 2 rings (SSSR count). The van der Waals surface area contributed by atoms with Crippen LogP contribution in [0.15, 0.2) is 34.2 Å². The summed E-state index contributed by atoms with van der Waals surface area (Å²) >= 11 is 0. The molecule has 1 heterocycles. The first-order valence-electron chi connectivity index (χ1n) is 8.89. The predicted molar refractivity (Wildman–Crippen MR) is 119 cm³/mol. The quantitative estimate of drug-likeness (QED) is 0.310. The molecule has 154 valence electrons. The van der Waals surface area contributed by atoms with Crippen LogP contribution in [-0.2, 0) is 21.3 Å². The lowest BCUT2D eigenvalue weighted by molar-refractivity contribution is 0.114. The van der Waals surface area contributed by atoms with Crippen molar-refractivity contribution in [2.75, 3.05) is 20.2 Å².